The maximum atomic E-state index is 13.5. The number of ether oxygens (including phenoxy) is 1. The molecule has 4 nitrogen and oxygen atoms in total. The first-order valence-corrected chi connectivity index (χ1v) is 5.17. The van der Waals surface area contributed by atoms with Crippen LogP contribution in [-0.4, -0.2) is 19.2 Å². The van der Waals surface area contributed by atoms with Crippen LogP contribution >= 0.6 is 0 Å². The van der Waals surface area contributed by atoms with Gasteiger partial charge in [-0.2, -0.15) is 0 Å². The van der Waals surface area contributed by atoms with Crippen molar-refractivity contribution in [2.75, 3.05) is 13.2 Å². The Labute approximate surface area is 92.8 Å². The third-order valence-corrected chi connectivity index (χ3v) is 2.43. The minimum Gasteiger partial charge on any atom is -0.491 e. The molecule has 86 valence electrons. The summed E-state index contributed by atoms with van der Waals surface area (Å²) in [5.74, 6) is -0.163. The number of amides is 2. The molecule has 16 heavy (non-hydrogen) atoms. The van der Waals surface area contributed by atoms with Gasteiger partial charge in [0.1, 0.15) is 0 Å². The molecular weight excluding hydrogens is 211 g/mol. The molecule has 1 saturated heterocycles. The highest BCUT2D eigenvalue weighted by molar-refractivity contribution is 5.76. The van der Waals surface area contributed by atoms with E-state index < -0.39 is 5.82 Å². The summed E-state index contributed by atoms with van der Waals surface area (Å²) in [6.07, 6.45) is 0. The number of carbonyl (C=O) groups excluding carboxylic acids is 1. The second kappa shape index (κ2) is 4.38. The Bertz CT molecular complexity index is 409. The van der Waals surface area contributed by atoms with E-state index in [4.69, 9.17) is 4.74 Å². The molecule has 2 rings (SSSR count). The Morgan fingerprint density at radius 1 is 1.56 bits per heavy atom. The normalized spacial score (nSPS) is 19.1. The number of hydrogen-bond acceptors (Lipinski definition) is 2. The predicted octanol–water partition coefficient (Wildman–Crippen LogP) is 1.58. The molecule has 0 aromatic heterocycles. The molecule has 0 spiro atoms. The third-order valence-electron chi connectivity index (χ3n) is 2.43. The Morgan fingerprint density at radius 3 is 2.94 bits per heavy atom. The number of nitrogens with one attached hydrogen (secondary N) is 2. The van der Waals surface area contributed by atoms with Crippen LogP contribution in [-0.2, 0) is 0 Å². The molecule has 1 aliphatic heterocycles. The highest BCUT2D eigenvalue weighted by atomic mass is 19.1. The van der Waals surface area contributed by atoms with Gasteiger partial charge < -0.3 is 15.4 Å². The van der Waals surface area contributed by atoms with Gasteiger partial charge in [-0.15, -0.1) is 0 Å². The van der Waals surface area contributed by atoms with Crippen molar-refractivity contribution in [1.82, 2.24) is 10.6 Å². The van der Waals surface area contributed by atoms with Crippen LogP contribution in [0.15, 0.2) is 18.2 Å². The molecule has 1 aromatic carbocycles. The van der Waals surface area contributed by atoms with E-state index in [0.29, 0.717) is 13.2 Å². The van der Waals surface area contributed by atoms with Crippen LogP contribution < -0.4 is 15.4 Å². The molecule has 1 aliphatic rings. The van der Waals surface area contributed by atoms with Crippen molar-refractivity contribution in [3.05, 3.63) is 29.6 Å². The van der Waals surface area contributed by atoms with Crippen molar-refractivity contribution in [2.45, 2.75) is 13.0 Å². The zero-order chi connectivity index (χ0) is 11.5. The van der Waals surface area contributed by atoms with E-state index in [2.05, 4.69) is 10.6 Å². The summed E-state index contributed by atoms with van der Waals surface area (Å²) in [6.45, 7) is 2.71. The molecule has 1 heterocycles. The van der Waals surface area contributed by atoms with Crippen molar-refractivity contribution in [1.29, 1.82) is 0 Å². The number of rotatable bonds is 3. The first-order valence-electron chi connectivity index (χ1n) is 5.17. The summed E-state index contributed by atoms with van der Waals surface area (Å²) < 4.78 is 18.6. The predicted molar refractivity (Wildman–Crippen MR) is 56.8 cm³/mol. The molecule has 5 heteroatoms. The van der Waals surface area contributed by atoms with Crippen molar-refractivity contribution >= 4 is 6.03 Å². The molecule has 1 unspecified atom stereocenters. The highest BCUT2D eigenvalue weighted by Gasteiger charge is 2.22. The Morgan fingerprint density at radius 2 is 2.38 bits per heavy atom. The van der Waals surface area contributed by atoms with Gasteiger partial charge in [0.15, 0.2) is 11.6 Å². The fourth-order valence-electron chi connectivity index (χ4n) is 1.66. The molecule has 1 aromatic rings. The molecule has 0 radical (unpaired) electrons. The van der Waals surface area contributed by atoms with Crippen LogP contribution in [0.2, 0.25) is 0 Å². The van der Waals surface area contributed by atoms with E-state index in [0.717, 1.165) is 5.56 Å². The fourth-order valence-corrected chi connectivity index (χ4v) is 1.66. The molecule has 0 saturated carbocycles. The van der Waals surface area contributed by atoms with Crippen LogP contribution in [0.3, 0.4) is 0 Å². The molecule has 1 fully saturated rings. The maximum absolute atomic E-state index is 13.5. The summed E-state index contributed by atoms with van der Waals surface area (Å²) in [6, 6.07) is 4.34. The van der Waals surface area contributed by atoms with Crippen LogP contribution in [0.5, 0.6) is 5.75 Å². The zero-order valence-electron chi connectivity index (χ0n) is 8.92. The van der Waals surface area contributed by atoms with Gasteiger partial charge in [-0.3, -0.25) is 0 Å². The number of urea groups is 1. The molecule has 2 amide bonds. The fraction of sp³-hybridized carbons (Fsp3) is 0.364. The van der Waals surface area contributed by atoms with E-state index >= 15 is 0 Å². The first-order chi connectivity index (χ1) is 7.70. The van der Waals surface area contributed by atoms with Crippen LogP contribution in [0, 0.1) is 5.82 Å². The lowest BCUT2D eigenvalue weighted by molar-refractivity contribution is 0.247. The molecule has 0 aliphatic carbocycles. The summed E-state index contributed by atoms with van der Waals surface area (Å²) in [5, 5.41) is 5.31. The standard InChI is InChI=1S/C11H13FN2O2/c1-2-16-10-4-3-7(5-8(10)12)9-6-13-11(15)14-9/h3-5,9H,2,6H2,1H3,(H2,13,14,15). The zero-order valence-corrected chi connectivity index (χ0v) is 8.92. The van der Waals surface area contributed by atoms with E-state index in [1.165, 1.54) is 6.07 Å². The topological polar surface area (TPSA) is 50.4 Å². The second-order valence-electron chi connectivity index (χ2n) is 3.53. The number of benzene rings is 1. The Hall–Kier alpha value is -1.78. The number of halogens is 1. The lowest BCUT2D eigenvalue weighted by atomic mass is 10.1. The van der Waals surface area contributed by atoms with E-state index in [-0.39, 0.29) is 17.8 Å². The van der Waals surface area contributed by atoms with Gasteiger partial charge in [0, 0.05) is 6.54 Å². The summed E-state index contributed by atoms with van der Waals surface area (Å²) in [5.41, 5.74) is 0.735. The summed E-state index contributed by atoms with van der Waals surface area (Å²) in [4.78, 5) is 10.9. The van der Waals surface area contributed by atoms with Gasteiger partial charge in [-0.05, 0) is 24.6 Å². The summed E-state index contributed by atoms with van der Waals surface area (Å²) in [7, 11) is 0. The van der Waals surface area contributed by atoms with E-state index in [1.807, 2.05) is 0 Å². The Kier molecular flexibility index (Phi) is 2.94. The van der Waals surface area contributed by atoms with Gasteiger partial charge in [-0.25, -0.2) is 9.18 Å². The first kappa shape index (κ1) is 10.7. The van der Waals surface area contributed by atoms with Gasteiger partial charge in [0.05, 0.1) is 12.6 Å². The van der Waals surface area contributed by atoms with Crippen LogP contribution in [0.4, 0.5) is 9.18 Å². The maximum Gasteiger partial charge on any atom is 0.315 e. The molecule has 0 bridgehead atoms. The van der Waals surface area contributed by atoms with E-state index in [1.54, 1.807) is 19.1 Å². The number of hydrogen-bond donors (Lipinski definition) is 2. The lowest BCUT2D eigenvalue weighted by Gasteiger charge is -2.11. The van der Waals surface area contributed by atoms with Crippen molar-refractivity contribution in [3.8, 4) is 5.75 Å². The number of carbonyl (C=O) groups is 1. The minimum atomic E-state index is -0.402. The van der Waals surface area contributed by atoms with Gasteiger partial charge in [0.2, 0.25) is 0 Å². The average Bonchev–Trinajstić information content (AvgIpc) is 2.68. The SMILES string of the molecule is CCOc1ccc(C2CNC(=O)N2)cc1F. The quantitative estimate of drug-likeness (QED) is 0.819. The lowest BCUT2D eigenvalue weighted by Crippen LogP contribution is -2.21. The molecule has 1 atom stereocenters. The highest BCUT2D eigenvalue weighted by Crippen LogP contribution is 2.23. The van der Waals surface area contributed by atoms with Crippen molar-refractivity contribution < 1.29 is 13.9 Å². The van der Waals surface area contributed by atoms with Crippen molar-refractivity contribution in [2.24, 2.45) is 0 Å². The van der Waals surface area contributed by atoms with Gasteiger partial charge in [-0.1, -0.05) is 6.07 Å². The van der Waals surface area contributed by atoms with Crippen molar-refractivity contribution in [3.63, 3.8) is 0 Å². The van der Waals surface area contributed by atoms with Crippen LogP contribution in [0.25, 0.3) is 0 Å². The van der Waals surface area contributed by atoms with Gasteiger partial charge >= 0.3 is 6.03 Å². The average molecular weight is 224 g/mol. The summed E-state index contributed by atoms with van der Waals surface area (Å²) >= 11 is 0. The molecular formula is C11H13FN2O2. The molecule has 2 N–H and O–H groups in total. The minimum absolute atomic E-state index is 0.169. The van der Waals surface area contributed by atoms with Gasteiger partial charge in [0.25, 0.3) is 0 Å². The van der Waals surface area contributed by atoms with Crippen LogP contribution in [0.1, 0.15) is 18.5 Å². The van der Waals surface area contributed by atoms with E-state index in [9.17, 15) is 9.18 Å². The largest absolute Gasteiger partial charge is 0.491 e. The Balaban J connectivity index is 2.17. The third kappa shape index (κ3) is 2.08. The smallest absolute Gasteiger partial charge is 0.315 e. The monoisotopic (exact) mass is 224 g/mol. The second-order valence-corrected chi connectivity index (χ2v) is 3.53.